The third kappa shape index (κ3) is 5.25. The van der Waals surface area contributed by atoms with Crippen molar-refractivity contribution >= 4 is 11.6 Å². The molecule has 3 rings (SSSR count). The van der Waals surface area contributed by atoms with Crippen LogP contribution in [0.2, 0.25) is 0 Å². The Morgan fingerprint density at radius 3 is 2.11 bits per heavy atom. The fraction of sp³-hybridized carbons (Fsp3) is 0.333. The highest BCUT2D eigenvalue weighted by Crippen LogP contribution is 2.37. The molecule has 0 radical (unpaired) electrons. The molecule has 1 fully saturated rings. The van der Waals surface area contributed by atoms with Gasteiger partial charge in [-0.25, -0.2) is 4.39 Å². The Bertz CT molecular complexity index is 791. The van der Waals surface area contributed by atoms with Crippen molar-refractivity contribution in [1.82, 2.24) is 0 Å². The van der Waals surface area contributed by atoms with Crippen LogP contribution < -0.4 is 4.74 Å². The van der Waals surface area contributed by atoms with E-state index < -0.39 is 17.9 Å². The van der Waals surface area contributed by atoms with Gasteiger partial charge in [-0.15, -0.1) is 13.2 Å². The van der Waals surface area contributed by atoms with Crippen molar-refractivity contribution in [2.75, 3.05) is 0 Å². The summed E-state index contributed by atoms with van der Waals surface area (Å²) in [7, 11) is 0. The lowest BCUT2D eigenvalue weighted by atomic mass is 9.78. The molecule has 1 saturated carbocycles. The Kier molecular flexibility index (Phi) is 6.10. The lowest BCUT2D eigenvalue weighted by Gasteiger charge is -2.27. The Balaban J connectivity index is 1.70. The summed E-state index contributed by atoms with van der Waals surface area (Å²) in [5, 5.41) is 0. The molecule has 27 heavy (non-hydrogen) atoms. The lowest BCUT2D eigenvalue weighted by Crippen LogP contribution is -2.17. The van der Waals surface area contributed by atoms with Crippen LogP contribution >= 0.6 is 11.6 Å². The van der Waals surface area contributed by atoms with Gasteiger partial charge in [0, 0.05) is 5.54 Å². The highest BCUT2D eigenvalue weighted by molar-refractivity contribution is 6.25. The van der Waals surface area contributed by atoms with Crippen LogP contribution in [0.4, 0.5) is 17.6 Å². The van der Waals surface area contributed by atoms with Crippen LogP contribution in [0.3, 0.4) is 0 Å². The van der Waals surface area contributed by atoms with E-state index in [4.69, 9.17) is 11.6 Å². The van der Waals surface area contributed by atoms with Gasteiger partial charge in [0.15, 0.2) is 11.6 Å². The van der Waals surface area contributed by atoms with Crippen molar-refractivity contribution in [3.63, 3.8) is 0 Å². The molecule has 0 spiro atoms. The SMILES string of the molecule is Fc1cc(-c2ccc(C3CCC(C=CCl)CC3)cc2)ccc1OC(F)(F)F. The van der Waals surface area contributed by atoms with Gasteiger partial charge in [0.2, 0.25) is 0 Å². The Morgan fingerprint density at radius 1 is 0.926 bits per heavy atom. The first kappa shape index (κ1) is 19.7. The zero-order chi connectivity index (χ0) is 19.4. The number of allylic oxidation sites excluding steroid dienone is 1. The van der Waals surface area contributed by atoms with Crippen LogP contribution in [0.5, 0.6) is 5.75 Å². The van der Waals surface area contributed by atoms with Gasteiger partial charge in [0.25, 0.3) is 0 Å². The zero-order valence-electron chi connectivity index (χ0n) is 14.5. The van der Waals surface area contributed by atoms with Crippen molar-refractivity contribution in [3.05, 3.63) is 65.5 Å². The van der Waals surface area contributed by atoms with Gasteiger partial charge in [-0.3, -0.25) is 0 Å². The second-order valence-corrected chi connectivity index (χ2v) is 7.00. The predicted molar refractivity (Wildman–Crippen MR) is 98.2 cm³/mol. The third-order valence-corrected chi connectivity index (χ3v) is 5.14. The molecular formula is C21H19ClF4O. The monoisotopic (exact) mass is 398 g/mol. The van der Waals surface area contributed by atoms with Crippen molar-refractivity contribution < 1.29 is 22.3 Å². The summed E-state index contributed by atoms with van der Waals surface area (Å²) in [6.45, 7) is 0. The molecule has 0 unspecified atom stereocenters. The summed E-state index contributed by atoms with van der Waals surface area (Å²) in [5.74, 6) is -0.845. The molecule has 1 nitrogen and oxygen atoms in total. The molecule has 1 aliphatic carbocycles. The molecule has 0 saturated heterocycles. The normalized spacial score (nSPS) is 20.8. The van der Waals surface area contributed by atoms with E-state index >= 15 is 0 Å². The van der Waals surface area contributed by atoms with E-state index in [0.29, 0.717) is 17.4 Å². The van der Waals surface area contributed by atoms with E-state index in [0.717, 1.165) is 43.4 Å². The van der Waals surface area contributed by atoms with Crippen LogP contribution in [0.15, 0.2) is 54.1 Å². The van der Waals surface area contributed by atoms with Gasteiger partial charge in [-0.05, 0) is 66.3 Å². The quantitative estimate of drug-likeness (QED) is 0.487. The molecule has 2 aromatic rings. The number of alkyl halides is 3. The Hall–Kier alpha value is -2.01. The fourth-order valence-corrected chi connectivity index (χ4v) is 3.79. The van der Waals surface area contributed by atoms with Crippen LogP contribution in [-0.4, -0.2) is 6.36 Å². The van der Waals surface area contributed by atoms with Gasteiger partial charge in [-0.2, -0.15) is 0 Å². The van der Waals surface area contributed by atoms with Crippen molar-refractivity contribution in [3.8, 4) is 16.9 Å². The number of hydrogen-bond donors (Lipinski definition) is 0. The van der Waals surface area contributed by atoms with Gasteiger partial charge < -0.3 is 4.74 Å². The first-order valence-electron chi connectivity index (χ1n) is 8.78. The minimum Gasteiger partial charge on any atom is -0.403 e. The van der Waals surface area contributed by atoms with Gasteiger partial charge in [-0.1, -0.05) is 48.0 Å². The molecule has 0 N–H and O–H groups in total. The van der Waals surface area contributed by atoms with Crippen molar-refractivity contribution in [2.45, 2.75) is 38.0 Å². The molecule has 2 aromatic carbocycles. The van der Waals surface area contributed by atoms with E-state index in [9.17, 15) is 17.6 Å². The lowest BCUT2D eigenvalue weighted by molar-refractivity contribution is -0.275. The minimum atomic E-state index is -4.91. The van der Waals surface area contributed by atoms with Crippen molar-refractivity contribution in [2.24, 2.45) is 5.92 Å². The predicted octanol–water partition coefficient (Wildman–Crippen LogP) is 7.42. The maximum absolute atomic E-state index is 13.9. The number of benzene rings is 2. The van der Waals surface area contributed by atoms with E-state index in [1.165, 1.54) is 11.6 Å². The molecule has 0 bridgehead atoms. The third-order valence-electron chi connectivity index (χ3n) is 4.99. The van der Waals surface area contributed by atoms with Crippen LogP contribution in [0, 0.1) is 11.7 Å². The number of hydrogen-bond acceptors (Lipinski definition) is 1. The van der Waals surface area contributed by atoms with E-state index in [1.807, 2.05) is 30.3 Å². The van der Waals surface area contributed by atoms with Gasteiger partial charge >= 0.3 is 6.36 Å². The maximum Gasteiger partial charge on any atom is 0.573 e. The maximum atomic E-state index is 13.9. The standard InChI is InChI=1S/C21H19ClF4O/c22-12-11-14-1-3-15(4-2-14)16-5-7-17(8-6-16)18-9-10-20(19(23)13-18)27-21(24,25)26/h5-15H,1-4H2. The van der Waals surface area contributed by atoms with E-state index in [2.05, 4.69) is 4.74 Å². The van der Waals surface area contributed by atoms with Gasteiger partial charge in [0.05, 0.1) is 0 Å². The Morgan fingerprint density at radius 2 is 1.56 bits per heavy atom. The average molecular weight is 399 g/mol. The van der Waals surface area contributed by atoms with E-state index in [1.54, 1.807) is 5.54 Å². The summed E-state index contributed by atoms with van der Waals surface area (Å²) >= 11 is 5.65. The molecule has 1 aliphatic rings. The summed E-state index contributed by atoms with van der Waals surface area (Å²) < 4.78 is 54.3. The highest BCUT2D eigenvalue weighted by Gasteiger charge is 2.32. The van der Waals surface area contributed by atoms with Crippen LogP contribution in [0.1, 0.15) is 37.2 Å². The molecular weight excluding hydrogens is 380 g/mol. The second-order valence-electron chi connectivity index (χ2n) is 6.75. The molecule has 6 heteroatoms. The molecule has 0 heterocycles. The van der Waals surface area contributed by atoms with E-state index in [-0.39, 0.29) is 0 Å². The van der Waals surface area contributed by atoms with Crippen LogP contribution in [0.25, 0.3) is 11.1 Å². The molecule has 144 valence electrons. The summed E-state index contributed by atoms with van der Waals surface area (Å²) in [6, 6.07) is 11.2. The fourth-order valence-electron chi connectivity index (χ4n) is 3.58. The number of rotatable bonds is 4. The minimum absolute atomic E-state index is 0.485. The number of halogens is 5. The topological polar surface area (TPSA) is 9.23 Å². The molecule has 0 aromatic heterocycles. The Labute approximate surface area is 160 Å². The van der Waals surface area contributed by atoms with Crippen molar-refractivity contribution in [1.29, 1.82) is 0 Å². The van der Waals surface area contributed by atoms with Crippen LogP contribution in [-0.2, 0) is 0 Å². The molecule has 0 aliphatic heterocycles. The molecule has 0 amide bonds. The zero-order valence-corrected chi connectivity index (χ0v) is 15.2. The largest absolute Gasteiger partial charge is 0.573 e. The number of ether oxygens (including phenoxy) is 1. The average Bonchev–Trinajstić information content (AvgIpc) is 2.63. The summed E-state index contributed by atoms with van der Waals surface area (Å²) in [6.07, 6.45) is 1.50. The first-order chi connectivity index (χ1) is 12.9. The smallest absolute Gasteiger partial charge is 0.403 e. The first-order valence-corrected chi connectivity index (χ1v) is 9.22. The summed E-state index contributed by atoms with van der Waals surface area (Å²) in [5.41, 5.74) is 4.06. The summed E-state index contributed by atoms with van der Waals surface area (Å²) in [4.78, 5) is 0. The highest BCUT2D eigenvalue weighted by atomic mass is 35.5. The second kappa shape index (κ2) is 8.34. The van der Waals surface area contributed by atoms with Gasteiger partial charge in [0.1, 0.15) is 0 Å². The molecule has 0 atom stereocenters.